The van der Waals surface area contributed by atoms with Crippen molar-refractivity contribution in [1.82, 2.24) is 10.0 Å². The monoisotopic (exact) mass is 334 g/mol. The fourth-order valence-electron chi connectivity index (χ4n) is 1.93. The van der Waals surface area contributed by atoms with Gasteiger partial charge in [0.05, 0.1) is 12.7 Å². The minimum Gasteiger partial charge on any atom is -0.465 e. The van der Waals surface area contributed by atoms with Gasteiger partial charge in [-0.15, -0.1) is 10.6 Å². The van der Waals surface area contributed by atoms with Crippen LogP contribution < -0.4 is 0 Å². The zero-order chi connectivity index (χ0) is 17.4. The number of benzene rings is 1. The van der Waals surface area contributed by atoms with Gasteiger partial charge in [0.15, 0.2) is 5.82 Å². The number of rotatable bonds is 2. The Balaban J connectivity index is 2.64. The molecule has 2 rings (SSSR count). The second kappa shape index (κ2) is 5.97. The summed E-state index contributed by atoms with van der Waals surface area (Å²) < 4.78 is 33.0. The minimum atomic E-state index is -1.68. The molecule has 0 amide bonds. The van der Waals surface area contributed by atoms with E-state index in [0.717, 1.165) is 7.11 Å². The Morgan fingerprint density at radius 2 is 2.04 bits per heavy atom. The van der Waals surface area contributed by atoms with Crippen LogP contribution in [0.3, 0.4) is 0 Å². The van der Waals surface area contributed by atoms with Crippen molar-refractivity contribution in [3.05, 3.63) is 35.8 Å². The molecule has 0 saturated carbocycles. The zero-order valence-electron chi connectivity index (χ0n) is 13.3. The van der Waals surface area contributed by atoms with Crippen LogP contribution in [0.4, 0.5) is 8.87 Å². The average molecular weight is 334 g/mol. The number of ether oxygens (including phenoxy) is 1. The molecule has 0 fully saturated rings. The molecule has 0 aliphatic rings. The molecule has 1 aromatic carbocycles. The van der Waals surface area contributed by atoms with E-state index in [9.17, 15) is 13.7 Å². The topological polar surface area (TPSA) is 44.1 Å². The van der Waals surface area contributed by atoms with Gasteiger partial charge in [-0.1, -0.05) is 47.6 Å². The lowest BCUT2D eigenvalue weighted by atomic mass is 10.0. The molecule has 0 saturated heterocycles. The van der Waals surface area contributed by atoms with Gasteiger partial charge in [-0.05, 0) is 6.07 Å². The van der Waals surface area contributed by atoms with Crippen molar-refractivity contribution in [2.45, 2.75) is 19.6 Å². The number of carbonyl (C=O) groups excluding carboxylic acids is 1. The van der Waals surface area contributed by atoms with E-state index >= 15 is 0 Å². The normalized spacial score (nSPS) is 11.0. The van der Waals surface area contributed by atoms with Crippen molar-refractivity contribution >= 4 is 30.5 Å². The highest BCUT2D eigenvalue weighted by atomic mass is 28.3. The highest BCUT2D eigenvalue weighted by Gasteiger charge is 2.21. The largest absolute Gasteiger partial charge is 0.465 e. The summed E-state index contributed by atoms with van der Waals surface area (Å²) in [6.45, 7) is 9.59. The first-order valence-corrected chi connectivity index (χ1v) is 10.3. The van der Waals surface area contributed by atoms with Gasteiger partial charge in [-0.2, -0.15) is 0 Å². The number of esters is 1. The SMILES string of the molecule is C=C(C(=O)OC)c1ccc2c(C#C[Si](C)(C)C)nn(F)c2c1F. The van der Waals surface area contributed by atoms with Gasteiger partial charge in [0.25, 0.3) is 0 Å². The fourth-order valence-corrected chi connectivity index (χ4v) is 2.43. The Morgan fingerprint density at radius 3 is 2.61 bits per heavy atom. The first kappa shape index (κ1) is 16.9. The van der Waals surface area contributed by atoms with Crippen molar-refractivity contribution in [3.63, 3.8) is 0 Å². The Labute approximate surface area is 133 Å². The number of nitrogens with zero attached hydrogens (tertiary/aromatic N) is 2. The van der Waals surface area contributed by atoms with E-state index in [4.69, 9.17) is 0 Å². The Kier molecular flexibility index (Phi) is 4.39. The van der Waals surface area contributed by atoms with Gasteiger partial charge in [-0.25, -0.2) is 9.18 Å². The van der Waals surface area contributed by atoms with Gasteiger partial charge >= 0.3 is 5.97 Å². The minimum absolute atomic E-state index is 0.0625. The Hall–Kier alpha value is -2.46. The Morgan fingerprint density at radius 1 is 1.39 bits per heavy atom. The Bertz CT molecular complexity index is 870. The fraction of sp³-hybridized carbons (Fsp3) is 0.250. The number of fused-ring (bicyclic) bond motifs is 1. The highest BCUT2D eigenvalue weighted by Crippen LogP contribution is 2.28. The lowest BCUT2D eigenvalue weighted by Crippen LogP contribution is -2.16. The van der Waals surface area contributed by atoms with E-state index in [1.165, 1.54) is 12.1 Å². The molecule has 7 heteroatoms. The molecule has 120 valence electrons. The first-order valence-electron chi connectivity index (χ1n) is 6.84. The molecule has 0 aliphatic heterocycles. The van der Waals surface area contributed by atoms with E-state index in [0.29, 0.717) is 0 Å². The molecule has 1 heterocycles. The number of hydrogen-bond acceptors (Lipinski definition) is 3. The lowest BCUT2D eigenvalue weighted by molar-refractivity contribution is -0.133. The van der Waals surface area contributed by atoms with Gasteiger partial charge in [-0.3, -0.25) is 0 Å². The van der Waals surface area contributed by atoms with Crippen LogP contribution in [0.1, 0.15) is 11.3 Å². The molecule has 23 heavy (non-hydrogen) atoms. The predicted molar refractivity (Wildman–Crippen MR) is 87.5 cm³/mol. The average Bonchev–Trinajstić information content (AvgIpc) is 2.80. The number of aromatic nitrogens is 2. The van der Waals surface area contributed by atoms with E-state index in [1.54, 1.807) is 0 Å². The molecular formula is C16H16F2N2O2Si. The summed E-state index contributed by atoms with van der Waals surface area (Å²) in [4.78, 5) is 11.4. The molecular weight excluding hydrogens is 318 g/mol. The van der Waals surface area contributed by atoms with E-state index in [1.807, 2.05) is 19.6 Å². The third-order valence-electron chi connectivity index (χ3n) is 3.06. The second-order valence-corrected chi connectivity index (χ2v) is 10.8. The van der Waals surface area contributed by atoms with Gasteiger partial charge in [0.2, 0.25) is 0 Å². The van der Waals surface area contributed by atoms with Crippen molar-refractivity contribution in [3.8, 4) is 11.5 Å². The summed E-state index contributed by atoms with van der Waals surface area (Å²) in [6.07, 6.45) is 0. The van der Waals surface area contributed by atoms with Crippen LogP contribution >= 0.6 is 0 Å². The molecule has 0 atom stereocenters. The maximum atomic E-state index is 14.6. The predicted octanol–water partition coefficient (Wildman–Crippen LogP) is 3.32. The molecule has 0 aliphatic carbocycles. The van der Waals surface area contributed by atoms with Crippen molar-refractivity contribution in [2.24, 2.45) is 0 Å². The molecule has 0 bridgehead atoms. The van der Waals surface area contributed by atoms with Crippen LogP contribution in [0.15, 0.2) is 18.7 Å². The van der Waals surface area contributed by atoms with E-state index in [-0.39, 0.29) is 32.6 Å². The summed E-state index contributed by atoms with van der Waals surface area (Å²) >= 11 is 0. The molecule has 2 aromatic rings. The molecule has 1 aromatic heterocycles. The standard InChI is InChI=1S/C16H16F2N2O2Si/c1-10(16(21)22-2)11-6-7-12-13(8-9-23(3,4)5)19-20(18)15(12)14(11)17/h6-7H,1H2,2-5H3. The smallest absolute Gasteiger partial charge is 0.337 e. The third kappa shape index (κ3) is 3.32. The molecule has 0 N–H and O–H groups in total. The van der Waals surface area contributed by atoms with Crippen LogP contribution in [0, 0.1) is 17.3 Å². The number of methoxy groups -OCH3 is 1. The van der Waals surface area contributed by atoms with Crippen LogP contribution in [-0.4, -0.2) is 31.2 Å². The van der Waals surface area contributed by atoms with Crippen LogP contribution in [-0.2, 0) is 9.53 Å². The quantitative estimate of drug-likeness (QED) is 0.366. The number of hydrogen-bond donors (Lipinski definition) is 0. The molecule has 0 spiro atoms. The lowest BCUT2D eigenvalue weighted by Gasteiger charge is -2.06. The van der Waals surface area contributed by atoms with Crippen LogP contribution in [0.2, 0.25) is 19.6 Å². The van der Waals surface area contributed by atoms with E-state index < -0.39 is 19.9 Å². The molecule has 0 unspecified atom stereocenters. The third-order valence-corrected chi connectivity index (χ3v) is 3.93. The van der Waals surface area contributed by atoms with Gasteiger partial charge in [0, 0.05) is 10.9 Å². The summed E-state index contributed by atoms with van der Waals surface area (Å²) in [5.74, 6) is 1.11. The summed E-state index contributed by atoms with van der Waals surface area (Å²) in [7, 11) is -0.522. The van der Waals surface area contributed by atoms with Gasteiger partial charge < -0.3 is 4.74 Å². The second-order valence-electron chi connectivity index (χ2n) is 6.00. The van der Waals surface area contributed by atoms with E-state index in [2.05, 4.69) is 27.9 Å². The van der Waals surface area contributed by atoms with Crippen LogP contribution in [0.25, 0.3) is 16.5 Å². The van der Waals surface area contributed by atoms with Gasteiger partial charge in [0.1, 0.15) is 19.3 Å². The number of halogens is 2. The maximum absolute atomic E-state index is 14.6. The summed E-state index contributed by atoms with van der Waals surface area (Å²) in [5.41, 5.74) is 2.53. The molecule has 0 radical (unpaired) electrons. The van der Waals surface area contributed by atoms with Crippen LogP contribution in [0.5, 0.6) is 0 Å². The van der Waals surface area contributed by atoms with Crippen molar-refractivity contribution in [1.29, 1.82) is 0 Å². The number of carbonyl (C=O) groups is 1. The first-order chi connectivity index (χ1) is 10.7. The zero-order valence-corrected chi connectivity index (χ0v) is 14.3. The summed E-state index contributed by atoms with van der Waals surface area (Å²) in [6, 6.07) is 2.82. The highest BCUT2D eigenvalue weighted by molar-refractivity contribution is 6.83. The molecule has 4 nitrogen and oxygen atoms in total. The maximum Gasteiger partial charge on any atom is 0.337 e. The van der Waals surface area contributed by atoms with Crippen molar-refractivity contribution < 1.29 is 18.4 Å². The van der Waals surface area contributed by atoms with Crippen molar-refractivity contribution in [2.75, 3.05) is 7.11 Å². The summed E-state index contributed by atoms with van der Waals surface area (Å²) in [5, 5.41) is 3.88.